The molecule has 1 fully saturated rings. The van der Waals surface area contributed by atoms with Crippen molar-refractivity contribution in [2.75, 3.05) is 25.6 Å². The van der Waals surface area contributed by atoms with Gasteiger partial charge in [-0.3, -0.25) is 10.1 Å². The average Bonchev–Trinajstić information content (AvgIpc) is 2.91. The summed E-state index contributed by atoms with van der Waals surface area (Å²) in [4.78, 5) is 25.2. The van der Waals surface area contributed by atoms with E-state index in [1.165, 1.54) is 7.11 Å². The zero-order valence-electron chi connectivity index (χ0n) is 11.0. The number of imide groups is 1. The summed E-state index contributed by atoms with van der Waals surface area (Å²) in [5.74, 6) is -0.132. The molecule has 2 amide bonds. The first-order chi connectivity index (χ1) is 9.52. The minimum atomic E-state index is -1.02. The Hall–Kier alpha value is -1.95. The van der Waals surface area contributed by atoms with E-state index in [4.69, 9.17) is 21.1 Å². The first-order valence-electron chi connectivity index (χ1n) is 6.14. The summed E-state index contributed by atoms with van der Waals surface area (Å²) in [6.45, 7) is 0.814. The summed E-state index contributed by atoms with van der Waals surface area (Å²) in [6, 6.07) is 1.83. The Kier molecular flexibility index (Phi) is 2.97. The molecule has 0 aliphatic carbocycles. The highest BCUT2D eigenvalue weighted by atomic mass is 35.5. The third-order valence-corrected chi connectivity index (χ3v) is 3.86. The number of amides is 2. The molecule has 1 N–H and O–H groups in total. The Balaban J connectivity index is 2.22. The smallest absolute Gasteiger partial charge is 0.415 e. The molecule has 20 heavy (non-hydrogen) atoms. The van der Waals surface area contributed by atoms with Crippen molar-refractivity contribution < 1.29 is 19.1 Å². The highest BCUT2D eigenvalue weighted by Crippen LogP contribution is 2.46. The predicted octanol–water partition coefficient (Wildman–Crippen LogP) is 1.65. The first kappa shape index (κ1) is 13.1. The SMILES string of the molecule is COc1c(Cl)cc2c(c1C1OC(=O)NC1=O)N(C)CC2. The zero-order valence-corrected chi connectivity index (χ0v) is 11.8. The molecule has 3 rings (SSSR count). The molecular weight excluding hydrogens is 284 g/mol. The number of hydrogen-bond donors (Lipinski definition) is 1. The molecular formula is C13H13ClN2O4. The van der Waals surface area contributed by atoms with Crippen LogP contribution in [-0.4, -0.2) is 32.7 Å². The van der Waals surface area contributed by atoms with E-state index < -0.39 is 18.1 Å². The van der Waals surface area contributed by atoms with Crippen molar-refractivity contribution in [3.05, 3.63) is 22.2 Å². The molecule has 1 aromatic carbocycles. The molecule has 106 valence electrons. The second-order valence-corrected chi connectivity index (χ2v) is 5.17. The van der Waals surface area contributed by atoms with Crippen molar-refractivity contribution in [2.24, 2.45) is 0 Å². The van der Waals surface area contributed by atoms with Crippen LogP contribution in [0.1, 0.15) is 17.2 Å². The second-order valence-electron chi connectivity index (χ2n) is 4.76. The molecule has 0 aromatic heterocycles. The van der Waals surface area contributed by atoms with Crippen LogP contribution in [0.4, 0.5) is 10.5 Å². The maximum absolute atomic E-state index is 11.9. The predicted molar refractivity (Wildman–Crippen MR) is 72.3 cm³/mol. The lowest BCUT2D eigenvalue weighted by Crippen LogP contribution is -2.22. The maximum atomic E-state index is 11.9. The van der Waals surface area contributed by atoms with E-state index in [-0.39, 0.29) is 0 Å². The number of benzene rings is 1. The summed E-state index contributed by atoms with van der Waals surface area (Å²) in [6.07, 6.45) is -0.952. The number of cyclic esters (lactones) is 1. The van der Waals surface area contributed by atoms with Crippen LogP contribution in [0, 0.1) is 0 Å². The van der Waals surface area contributed by atoms with Crippen molar-refractivity contribution in [2.45, 2.75) is 12.5 Å². The molecule has 0 bridgehead atoms. The fraction of sp³-hybridized carbons (Fsp3) is 0.385. The molecule has 7 heteroatoms. The topological polar surface area (TPSA) is 67.9 Å². The normalized spacial score (nSPS) is 20.8. The quantitative estimate of drug-likeness (QED) is 0.899. The Morgan fingerprint density at radius 3 is 2.85 bits per heavy atom. The van der Waals surface area contributed by atoms with Crippen LogP contribution in [0.15, 0.2) is 6.07 Å². The highest BCUT2D eigenvalue weighted by Gasteiger charge is 2.40. The zero-order chi connectivity index (χ0) is 14.4. The summed E-state index contributed by atoms with van der Waals surface area (Å²) >= 11 is 6.21. The van der Waals surface area contributed by atoms with E-state index in [1.54, 1.807) is 0 Å². The van der Waals surface area contributed by atoms with E-state index in [0.717, 1.165) is 24.2 Å². The average molecular weight is 297 g/mol. The van der Waals surface area contributed by atoms with Crippen molar-refractivity contribution in [1.29, 1.82) is 0 Å². The monoisotopic (exact) mass is 296 g/mol. The Morgan fingerprint density at radius 2 is 2.25 bits per heavy atom. The number of anilines is 1. The Bertz CT molecular complexity index is 617. The van der Waals surface area contributed by atoms with Crippen LogP contribution < -0.4 is 15.0 Å². The van der Waals surface area contributed by atoms with Gasteiger partial charge in [0.1, 0.15) is 5.75 Å². The standard InChI is InChI=1S/C13H13ClN2O4/c1-16-4-3-6-5-7(14)10(19-2)8(9(6)16)11-12(17)15-13(18)20-11/h5,11H,3-4H2,1-2H3,(H,15,17,18). The molecule has 0 spiro atoms. The van der Waals surface area contributed by atoms with Gasteiger partial charge in [-0.1, -0.05) is 11.6 Å². The lowest BCUT2D eigenvalue weighted by Gasteiger charge is -2.22. The summed E-state index contributed by atoms with van der Waals surface area (Å²) < 4.78 is 10.4. The molecule has 1 saturated heterocycles. The number of halogens is 1. The van der Waals surface area contributed by atoms with Gasteiger partial charge in [-0.05, 0) is 18.1 Å². The number of carbonyl (C=O) groups excluding carboxylic acids is 2. The van der Waals surface area contributed by atoms with Gasteiger partial charge in [0.2, 0.25) is 6.10 Å². The fourth-order valence-corrected chi connectivity index (χ4v) is 3.04. The van der Waals surface area contributed by atoms with Gasteiger partial charge in [-0.25, -0.2) is 4.79 Å². The number of likely N-dealkylation sites (N-methyl/N-ethyl adjacent to an activating group) is 1. The summed E-state index contributed by atoms with van der Waals surface area (Å²) in [7, 11) is 3.39. The summed E-state index contributed by atoms with van der Waals surface area (Å²) in [5, 5.41) is 2.53. The number of rotatable bonds is 2. The van der Waals surface area contributed by atoms with E-state index in [2.05, 4.69) is 5.32 Å². The number of nitrogens with one attached hydrogen (secondary N) is 1. The van der Waals surface area contributed by atoms with Crippen molar-refractivity contribution in [1.82, 2.24) is 5.32 Å². The molecule has 1 aromatic rings. The van der Waals surface area contributed by atoms with Gasteiger partial charge in [-0.2, -0.15) is 0 Å². The van der Waals surface area contributed by atoms with Crippen molar-refractivity contribution in [3.63, 3.8) is 0 Å². The van der Waals surface area contributed by atoms with Crippen molar-refractivity contribution >= 4 is 29.3 Å². The van der Waals surface area contributed by atoms with Crippen molar-refractivity contribution in [3.8, 4) is 5.75 Å². The van der Waals surface area contributed by atoms with Gasteiger partial charge in [0, 0.05) is 13.6 Å². The molecule has 1 unspecified atom stereocenters. The van der Waals surface area contributed by atoms with E-state index in [1.807, 2.05) is 18.0 Å². The molecule has 2 heterocycles. The van der Waals surface area contributed by atoms with Crippen LogP contribution in [0.5, 0.6) is 5.75 Å². The minimum absolute atomic E-state index is 0.369. The lowest BCUT2D eigenvalue weighted by molar-refractivity contribution is -0.123. The fourth-order valence-electron chi connectivity index (χ4n) is 2.73. The van der Waals surface area contributed by atoms with Gasteiger partial charge >= 0.3 is 6.09 Å². The van der Waals surface area contributed by atoms with Gasteiger partial charge in [0.25, 0.3) is 5.91 Å². The van der Waals surface area contributed by atoms with E-state index >= 15 is 0 Å². The third kappa shape index (κ3) is 1.79. The number of nitrogens with zero attached hydrogens (tertiary/aromatic N) is 1. The lowest BCUT2D eigenvalue weighted by atomic mass is 10.0. The third-order valence-electron chi connectivity index (χ3n) is 3.57. The largest absolute Gasteiger partial charge is 0.495 e. The number of carbonyl (C=O) groups is 2. The van der Waals surface area contributed by atoms with Crippen LogP contribution >= 0.6 is 11.6 Å². The molecule has 2 aliphatic heterocycles. The van der Waals surface area contributed by atoms with E-state index in [0.29, 0.717) is 16.3 Å². The van der Waals surface area contributed by atoms with Crippen LogP contribution in [-0.2, 0) is 16.0 Å². The molecule has 0 radical (unpaired) electrons. The highest BCUT2D eigenvalue weighted by molar-refractivity contribution is 6.32. The molecule has 2 aliphatic rings. The number of methoxy groups -OCH3 is 1. The molecule has 1 atom stereocenters. The molecule has 0 saturated carbocycles. The van der Waals surface area contributed by atoms with Gasteiger partial charge in [-0.15, -0.1) is 0 Å². The second kappa shape index (κ2) is 4.56. The number of alkyl carbamates (subject to hydrolysis) is 1. The first-order valence-corrected chi connectivity index (χ1v) is 6.52. The number of hydrogen-bond acceptors (Lipinski definition) is 5. The van der Waals surface area contributed by atoms with E-state index in [9.17, 15) is 9.59 Å². The Labute approximate surface area is 120 Å². The number of ether oxygens (including phenoxy) is 2. The van der Waals surface area contributed by atoms with Crippen LogP contribution in [0.25, 0.3) is 0 Å². The Morgan fingerprint density at radius 1 is 1.50 bits per heavy atom. The number of fused-ring (bicyclic) bond motifs is 1. The maximum Gasteiger partial charge on any atom is 0.415 e. The summed E-state index contributed by atoms with van der Waals surface area (Å²) in [5.41, 5.74) is 2.38. The van der Waals surface area contributed by atoms with Crippen LogP contribution in [0.3, 0.4) is 0 Å². The van der Waals surface area contributed by atoms with Gasteiger partial charge in [0.05, 0.1) is 23.4 Å². The van der Waals surface area contributed by atoms with Gasteiger partial charge in [0.15, 0.2) is 0 Å². The van der Waals surface area contributed by atoms with Crippen LogP contribution in [0.2, 0.25) is 5.02 Å². The molecule has 6 nitrogen and oxygen atoms in total. The van der Waals surface area contributed by atoms with Gasteiger partial charge < -0.3 is 14.4 Å². The minimum Gasteiger partial charge on any atom is -0.495 e.